The molecule has 0 radical (unpaired) electrons. The van der Waals surface area contributed by atoms with Gasteiger partial charge in [-0.3, -0.25) is 9.78 Å². The molecule has 0 bridgehead atoms. The van der Waals surface area contributed by atoms with E-state index < -0.39 is 0 Å². The molecule has 2 N–H and O–H groups in total. The Balaban J connectivity index is 2.08. The molecular weight excluding hydrogens is 304 g/mol. The lowest BCUT2D eigenvalue weighted by Crippen LogP contribution is -2.34. The summed E-state index contributed by atoms with van der Waals surface area (Å²) in [4.78, 5) is 16.3. The number of benzene rings is 1. The highest BCUT2D eigenvalue weighted by molar-refractivity contribution is 5.94. The molecule has 0 aliphatic rings. The van der Waals surface area contributed by atoms with Crippen molar-refractivity contribution >= 4 is 5.91 Å². The number of aliphatic hydroxyl groups is 1. The van der Waals surface area contributed by atoms with Crippen LogP contribution in [0, 0.1) is 12.3 Å². The van der Waals surface area contributed by atoms with Crippen LogP contribution in [0.2, 0.25) is 0 Å². The number of rotatable bonds is 7. The van der Waals surface area contributed by atoms with Crippen LogP contribution in [0.25, 0.3) is 0 Å². The Morgan fingerprint density at radius 3 is 2.62 bits per heavy atom. The molecule has 2 rings (SSSR count). The van der Waals surface area contributed by atoms with Crippen LogP contribution in [-0.2, 0) is 0 Å². The summed E-state index contributed by atoms with van der Waals surface area (Å²) in [6.45, 7) is 6.56. The summed E-state index contributed by atoms with van der Waals surface area (Å²) in [5, 5.41) is 12.0. The van der Waals surface area contributed by atoms with Crippen LogP contribution in [0.3, 0.4) is 0 Å². The Hall–Kier alpha value is -2.40. The summed E-state index contributed by atoms with van der Waals surface area (Å²) in [7, 11) is 0. The fourth-order valence-electron chi connectivity index (χ4n) is 2.20. The van der Waals surface area contributed by atoms with Gasteiger partial charge in [-0.25, -0.2) is 0 Å². The van der Waals surface area contributed by atoms with Crippen molar-refractivity contribution in [1.29, 1.82) is 0 Å². The number of amides is 1. The highest BCUT2D eigenvalue weighted by Gasteiger charge is 2.19. The molecule has 0 saturated heterocycles. The maximum atomic E-state index is 12.4. The van der Waals surface area contributed by atoms with E-state index >= 15 is 0 Å². The molecule has 0 unspecified atom stereocenters. The normalized spacial score (nSPS) is 11.2. The summed E-state index contributed by atoms with van der Waals surface area (Å²) >= 11 is 0. The van der Waals surface area contributed by atoms with Gasteiger partial charge in [-0.1, -0.05) is 19.9 Å². The van der Waals surface area contributed by atoms with E-state index in [1.807, 2.05) is 26.8 Å². The van der Waals surface area contributed by atoms with Gasteiger partial charge in [-0.2, -0.15) is 0 Å². The first-order chi connectivity index (χ1) is 11.4. The smallest absolute Gasteiger partial charge is 0.251 e. The van der Waals surface area contributed by atoms with Gasteiger partial charge in [0, 0.05) is 31.1 Å². The molecule has 0 spiro atoms. The molecule has 1 aromatic heterocycles. The van der Waals surface area contributed by atoms with Gasteiger partial charge >= 0.3 is 0 Å². The molecule has 1 aromatic carbocycles. The van der Waals surface area contributed by atoms with E-state index in [1.165, 1.54) is 0 Å². The fourth-order valence-corrected chi connectivity index (χ4v) is 2.20. The van der Waals surface area contributed by atoms with E-state index in [9.17, 15) is 4.79 Å². The number of nitrogens with one attached hydrogen (secondary N) is 1. The first-order valence-electron chi connectivity index (χ1n) is 7.99. The highest BCUT2D eigenvalue weighted by Crippen LogP contribution is 2.26. The molecule has 5 nitrogen and oxygen atoms in total. The summed E-state index contributed by atoms with van der Waals surface area (Å²) in [6.07, 6.45) is 3.95. The van der Waals surface area contributed by atoms with Crippen molar-refractivity contribution in [2.45, 2.75) is 27.2 Å². The zero-order valence-corrected chi connectivity index (χ0v) is 14.4. The van der Waals surface area contributed by atoms with Gasteiger partial charge in [0.25, 0.3) is 5.91 Å². The van der Waals surface area contributed by atoms with Crippen LogP contribution < -0.4 is 10.1 Å². The fraction of sp³-hybridized carbons (Fsp3) is 0.368. The number of ether oxygens (including phenoxy) is 1. The third-order valence-electron chi connectivity index (χ3n) is 3.84. The number of aliphatic hydroxyl groups excluding tert-OH is 1. The van der Waals surface area contributed by atoms with Gasteiger partial charge in [0.1, 0.15) is 11.5 Å². The van der Waals surface area contributed by atoms with Crippen LogP contribution in [0.1, 0.15) is 36.2 Å². The summed E-state index contributed by atoms with van der Waals surface area (Å²) < 4.78 is 5.83. The molecule has 2 aromatic rings. The Morgan fingerprint density at radius 1 is 1.25 bits per heavy atom. The molecular formula is C19H24N2O3. The third-order valence-corrected chi connectivity index (χ3v) is 3.84. The Bertz CT molecular complexity index is 684. The number of carbonyl (C=O) groups excluding carboxylic acids is 1. The van der Waals surface area contributed by atoms with Gasteiger partial charge in [-0.05, 0) is 48.6 Å². The van der Waals surface area contributed by atoms with Crippen LogP contribution in [-0.4, -0.2) is 29.1 Å². The van der Waals surface area contributed by atoms with Gasteiger partial charge < -0.3 is 15.2 Å². The lowest BCUT2D eigenvalue weighted by atomic mass is 9.89. The highest BCUT2D eigenvalue weighted by atomic mass is 16.5. The topological polar surface area (TPSA) is 71.5 Å². The number of aromatic nitrogens is 1. The number of hydrogen-bond donors (Lipinski definition) is 2. The second-order valence-electron chi connectivity index (χ2n) is 6.59. The maximum absolute atomic E-state index is 12.4. The third kappa shape index (κ3) is 5.06. The predicted octanol–water partition coefficient (Wildman–Crippen LogP) is 3.32. The number of hydrogen-bond acceptors (Lipinski definition) is 4. The van der Waals surface area contributed by atoms with Crippen LogP contribution in [0.5, 0.6) is 11.5 Å². The van der Waals surface area contributed by atoms with Crippen molar-refractivity contribution in [3.63, 3.8) is 0 Å². The standard InChI is InChI=1S/C19H24N2O3/c1-14-4-5-15(18(23)21-13-19(2,3)8-11-22)12-17(14)24-16-6-9-20-10-7-16/h4-7,9-10,12,22H,8,11,13H2,1-3H3,(H,21,23). The van der Waals surface area contributed by atoms with Crippen LogP contribution in [0.4, 0.5) is 0 Å². The molecule has 128 valence electrons. The lowest BCUT2D eigenvalue weighted by Gasteiger charge is -2.23. The number of carbonyl (C=O) groups is 1. The van der Waals surface area contributed by atoms with E-state index in [4.69, 9.17) is 9.84 Å². The van der Waals surface area contributed by atoms with Crippen molar-refractivity contribution in [2.24, 2.45) is 5.41 Å². The molecule has 0 aliphatic carbocycles. The molecule has 0 atom stereocenters. The average Bonchev–Trinajstić information content (AvgIpc) is 2.56. The van der Waals surface area contributed by atoms with Gasteiger partial charge in [0.15, 0.2) is 0 Å². The minimum Gasteiger partial charge on any atom is -0.457 e. The van der Waals surface area contributed by atoms with E-state index in [1.54, 1.807) is 36.7 Å². The van der Waals surface area contributed by atoms with Gasteiger partial charge in [0.05, 0.1) is 0 Å². The second-order valence-corrected chi connectivity index (χ2v) is 6.59. The van der Waals surface area contributed by atoms with E-state index in [0.717, 1.165) is 5.56 Å². The van der Waals surface area contributed by atoms with Crippen molar-refractivity contribution in [3.05, 3.63) is 53.9 Å². The zero-order valence-electron chi connectivity index (χ0n) is 14.4. The van der Waals surface area contributed by atoms with E-state index in [-0.39, 0.29) is 17.9 Å². The molecule has 0 aliphatic heterocycles. The van der Waals surface area contributed by atoms with Gasteiger partial charge in [0.2, 0.25) is 0 Å². The minimum absolute atomic E-state index is 0.108. The summed E-state index contributed by atoms with van der Waals surface area (Å²) in [5.74, 6) is 1.17. The zero-order chi connectivity index (χ0) is 17.6. The molecule has 1 heterocycles. The van der Waals surface area contributed by atoms with Gasteiger partial charge in [-0.15, -0.1) is 0 Å². The largest absolute Gasteiger partial charge is 0.457 e. The summed E-state index contributed by atoms with van der Waals surface area (Å²) in [5.41, 5.74) is 1.35. The van der Waals surface area contributed by atoms with Crippen LogP contribution in [0.15, 0.2) is 42.7 Å². The maximum Gasteiger partial charge on any atom is 0.251 e. The number of pyridine rings is 1. The first-order valence-corrected chi connectivity index (χ1v) is 7.99. The second kappa shape index (κ2) is 7.93. The van der Waals surface area contributed by atoms with Crippen molar-refractivity contribution in [1.82, 2.24) is 10.3 Å². The average molecular weight is 328 g/mol. The summed E-state index contributed by atoms with van der Waals surface area (Å²) in [6, 6.07) is 8.92. The van der Waals surface area contributed by atoms with Crippen LogP contribution >= 0.6 is 0 Å². The quantitative estimate of drug-likeness (QED) is 0.818. The Morgan fingerprint density at radius 2 is 1.96 bits per heavy atom. The van der Waals surface area contributed by atoms with E-state index in [2.05, 4.69) is 10.3 Å². The number of nitrogens with zero attached hydrogens (tertiary/aromatic N) is 1. The molecule has 0 fully saturated rings. The SMILES string of the molecule is Cc1ccc(C(=O)NCC(C)(C)CCO)cc1Oc1ccncc1. The van der Waals surface area contributed by atoms with Crippen molar-refractivity contribution in [3.8, 4) is 11.5 Å². The monoisotopic (exact) mass is 328 g/mol. The van der Waals surface area contributed by atoms with E-state index in [0.29, 0.717) is 30.0 Å². The molecule has 0 saturated carbocycles. The minimum atomic E-state index is -0.152. The Kier molecular flexibility index (Phi) is 5.93. The molecule has 5 heteroatoms. The van der Waals surface area contributed by atoms with Crippen molar-refractivity contribution in [2.75, 3.05) is 13.2 Å². The molecule has 24 heavy (non-hydrogen) atoms. The Labute approximate surface area is 142 Å². The number of aryl methyl sites for hydroxylation is 1. The van der Waals surface area contributed by atoms with Crippen molar-refractivity contribution < 1.29 is 14.6 Å². The molecule has 1 amide bonds. The lowest BCUT2D eigenvalue weighted by molar-refractivity contribution is 0.0928. The predicted molar refractivity (Wildman–Crippen MR) is 93.3 cm³/mol. The first kappa shape index (κ1) is 17.9.